The summed E-state index contributed by atoms with van der Waals surface area (Å²) in [6, 6.07) is 21.4. The van der Waals surface area contributed by atoms with Crippen LogP contribution in [0, 0.1) is 0 Å². The van der Waals surface area contributed by atoms with Crippen LogP contribution in [0.25, 0.3) is 54.5 Å². The minimum absolute atomic E-state index is 0.0502. The average molecular weight is 1530 g/mol. The molecule has 9 fully saturated rings. The molecule has 3 unspecified atom stereocenters. The number of halogens is 3. The number of hydrogen-bond donors (Lipinski definition) is 6. The second kappa shape index (κ2) is 30.2. The molecule has 2 saturated carbocycles. The van der Waals surface area contributed by atoms with Gasteiger partial charge in [0.25, 0.3) is 0 Å². The van der Waals surface area contributed by atoms with E-state index in [0.29, 0.717) is 78.5 Å². The SMILES string of the molecule is CC(=O)N1CCC(c2cc(C3CC3)cc3[nH]ncc23)CC1.CCC1CN(c2cc(Cl)cc3[nH]ncc23)CCN1C(C)=O.CS(=O)(=O)N1CCC(c2cc(C3CC3)cc3[nH]ncc23)CC1.O=C1NCC2CN(c3cc(Cl)cc4[nH]ncc34)CCN12.O=S1(=O)CCC2CN(c3cc(Cl)cc4[nH]ncc34)CCN21. The molecule has 4 amide bonds. The molecule has 6 N–H and O–H groups in total. The molecule has 31 heteroatoms. The first-order chi connectivity index (χ1) is 50.6. The lowest BCUT2D eigenvalue weighted by atomic mass is 9.86. The fraction of sp³-hybridized carbons (Fsp3) is 0.486. The van der Waals surface area contributed by atoms with Crippen molar-refractivity contribution in [3.63, 3.8) is 0 Å². The summed E-state index contributed by atoms with van der Waals surface area (Å²) in [4.78, 5) is 47.5. The number of benzene rings is 5. The van der Waals surface area contributed by atoms with E-state index in [-0.39, 0.29) is 41.7 Å². The molecule has 7 saturated heterocycles. The average Bonchev–Trinajstić information content (AvgIpc) is 1.72. The van der Waals surface area contributed by atoms with Gasteiger partial charge in [-0.1, -0.05) is 53.9 Å². The highest BCUT2D eigenvalue weighted by Crippen LogP contribution is 2.46. The predicted molar refractivity (Wildman–Crippen MR) is 413 cm³/mol. The number of sulfonamides is 2. The zero-order valence-corrected chi connectivity index (χ0v) is 63.4. The van der Waals surface area contributed by atoms with E-state index in [0.717, 1.165) is 146 Å². The van der Waals surface area contributed by atoms with Crippen molar-refractivity contribution in [3.05, 3.63) is 129 Å². The van der Waals surface area contributed by atoms with Crippen LogP contribution in [-0.4, -0.2) is 231 Å². The Morgan fingerprint density at radius 2 is 0.924 bits per heavy atom. The van der Waals surface area contributed by atoms with Gasteiger partial charge in [-0.05, 0) is 159 Å². The van der Waals surface area contributed by atoms with Gasteiger partial charge in [0.1, 0.15) is 0 Å². The number of rotatable bonds is 9. The summed E-state index contributed by atoms with van der Waals surface area (Å²) in [6.07, 6.45) is 21.4. The maximum Gasteiger partial charge on any atom is 0.317 e. The normalized spacial score (nSPS) is 21.7. The van der Waals surface area contributed by atoms with Gasteiger partial charge in [-0.25, -0.2) is 25.9 Å². The lowest BCUT2D eigenvalue weighted by molar-refractivity contribution is -0.131. The Balaban J connectivity index is 0.000000105. The second-order valence-electron chi connectivity index (χ2n) is 29.4. The summed E-state index contributed by atoms with van der Waals surface area (Å²) in [5.41, 5.74) is 13.9. The van der Waals surface area contributed by atoms with E-state index >= 15 is 0 Å². The monoisotopic (exact) mass is 1530 g/mol. The molecule has 26 nitrogen and oxygen atoms in total. The fourth-order valence-corrected chi connectivity index (χ4v) is 20.0. The highest BCUT2D eigenvalue weighted by Gasteiger charge is 2.42. The number of piperazine rings is 3. The van der Waals surface area contributed by atoms with Crippen LogP contribution in [0.3, 0.4) is 0 Å². The molecule has 3 atom stereocenters. The lowest BCUT2D eigenvalue weighted by Gasteiger charge is -2.42. The molecular formula is C74H90Cl3N19O7S2. The van der Waals surface area contributed by atoms with Gasteiger partial charge < -0.3 is 34.7 Å². The van der Waals surface area contributed by atoms with Gasteiger partial charge in [0.2, 0.25) is 31.9 Å². The number of carbonyl (C=O) groups is 3. The number of nitrogens with one attached hydrogen (secondary N) is 6. The van der Waals surface area contributed by atoms with Gasteiger partial charge in [-0.15, -0.1) is 0 Å². The number of H-pyrrole nitrogens is 5. The molecule has 19 rings (SSSR count). The van der Waals surface area contributed by atoms with Crippen LogP contribution in [0.5, 0.6) is 0 Å². The Kier molecular flexibility index (Phi) is 20.8. The topological polar surface area (TPSA) is 301 Å². The lowest BCUT2D eigenvalue weighted by Crippen LogP contribution is -2.54. The van der Waals surface area contributed by atoms with Crippen molar-refractivity contribution in [1.29, 1.82) is 0 Å². The Labute approximate surface area is 625 Å². The Morgan fingerprint density at radius 3 is 1.37 bits per heavy atom. The number of amides is 4. The minimum Gasteiger partial charge on any atom is -0.368 e. The zero-order chi connectivity index (χ0) is 73.0. The summed E-state index contributed by atoms with van der Waals surface area (Å²) >= 11 is 18.6. The zero-order valence-electron chi connectivity index (χ0n) is 59.5. The molecule has 0 spiro atoms. The van der Waals surface area contributed by atoms with E-state index in [4.69, 9.17) is 34.8 Å². The third kappa shape index (κ3) is 15.7. The third-order valence-corrected chi connectivity index (χ3v) is 26.6. The molecule has 105 heavy (non-hydrogen) atoms. The van der Waals surface area contributed by atoms with Crippen molar-refractivity contribution >= 4 is 144 Å². The Bertz CT molecular complexity index is 5100. The summed E-state index contributed by atoms with van der Waals surface area (Å²) < 4.78 is 50.4. The van der Waals surface area contributed by atoms with Crippen molar-refractivity contribution in [1.82, 2.24) is 79.6 Å². The number of nitrogens with zero attached hydrogens (tertiary/aromatic N) is 13. The van der Waals surface area contributed by atoms with Crippen molar-refractivity contribution in [2.45, 2.75) is 127 Å². The quantitative estimate of drug-likeness (QED) is 0.0783. The molecule has 0 radical (unpaired) electrons. The van der Waals surface area contributed by atoms with E-state index in [9.17, 15) is 31.2 Å². The van der Waals surface area contributed by atoms with Gasteiger partial charge in [0.15, 0.2) is 0 Å². The molecule has 2 aliphatic carbocycles. The second-order valence-corrected chi connectivity index (χ2v) is 34.8. The summed E-state index contributed by atoms with van der Waals surface area (Å²) in [5.74, 6) is 3.07. The van der Waals surface area contributed by atoms with E-state index in [2.05, 4.69) is 102 Å². The highest BCUT2D eigenvalue weighted by molar-refractivity contribution is 7.89. The number of carbonyl (C=O) groups excluding carboxylic acids is 3. The molecule has 556 valence electrons. The van der Waals surface area contributed by atoms with Gasteiger partial charge in [-0.3, -0.25) is 35.1 Å². The molecule has 7 aliphatic heterocycles. The Hall–Kier alpha value is -8.25. The van der Waals surface area contributed by atoms with E-state index in [1.807, 2.05) is 75.9 Å². The summed E-state index contributed by atoms with van der Waals surface area (Å²) in [7, 11) is -6.09. The standard InChI is InChI=1S/C17H21N3O.C16H21N3O2S.C15H19ClN4O.C13H14ClN5O.C13H15ClN4O2S/c1-11(21)20-6-4-13(5-7-20)15-8-14(12-2-3-12)9-17-16(15)10-18-19-17;1-22(20,21)19-6-4-12(5-7-19)14-8-13(11-2-3-11)9-16-15(14)10-17-18-16;1-3-12-9-19(4-5-20(12)10(2)21)15-7-11(16)6-14-13(15)8-17-18-14;14-8-3-11-10(6-16-17-11)12(4-8)18-1-2-19-9(7-18)5-15-13(19)20;14-9-5-12-11(7-15-16-12)13(6-9)17-2-3-18-10(8-17)1-4-21(18,19)20/h8-10,12-13H,2-7H2,1H3,(H,18,19);8-12H,2-7H2,1H3,(H,17,18);6-8,12H,3-5,9H2,1-2H3,(H,17,18);3-4,6,9H,1-2,5,7H2,(H,15,20)(H,16,17);5-7,10H,1-4,8H2,(H,15,16). The van der Waals surface area contributed by atoms with Crippen LogP contribution in [0.1, 0.15) is 131 Å². The molecule has 10 aromatic rings. The van der Waals surface area contributed by atoms with Gasteiger partial charge >= 0.3 is 6.03 Å². The number of piperidine rings is 2. The molecular weight excluding hydrogens is 1440 g/mol. The van der Waals surface area contributed by atoms with Crippen LogP contribution in [0.4, 0.5) is 21.9 Å². The maximum atomic E-state index is 11.9. The summed E-state index contributed by atoms with van der Waals surface area (Å²) in [6.45, 7) is 15.8. The minimum atomic E-state index is -3.06. The fourth-order valence-electron chi connectivity index (χ4n) is 16.7. The molecule has 5 aromatic carbocycles. The molecule has 5 aromatic heterocycles. The predicted octanol–water partition coefficient (Wildman–Crippen LogP) is 11.3. The summed E-state index contributed by atoms with van der Waals surface area (Å²) in [5, 5.41) is 46.4. The maximum absolute atomic E-state index is 11.9. The number of aromatic amines is 5. The van der Waals surface area contributed by atoms with Crippen molar-refractivity contribution in [2.75, 3.05) is 118 Å². The van der Waals surface area contributed by atoms with Crippen LogP contribution in [0.2, 0.25) is 15.1 Å². The largest absolute Gasteiger partial charge is 0.368 e. The van der Waals surface area contributed by atoms with Crippen LogP contribution < -0.4 is 20.0 Å². The number of fused-ring (bicyclic) bond motifs is 7. The number of urea groups is 1. The van der Waals surface area contributed by atoms with Gasteiger partial charge in [0, 0.05) is 177 Å². The Morgan fingerprint density at radius 1 is 0.495 bits per heavy atom. The van der Waals surface area contributed by atoms with Crippen molar-refractivity contribution in [2.24, 2.45) is 0 Å². The third-order valence-electron chi connectivity index (χ3n) is 22.7. The van der Waals surface area contributed by atoms with E-state index in [1.165, 1.54) is 70.5 Å². The number of aromatic nitrogens is 10. The van der Waals surface area contributed by atoms with Crippen molar-refractivity contribution in [3.8, 4) is 0 Å². The molecule has 12 heterocycles. The first-order valence-electron chi connectivity index (χ1n) is 36.7. The van der Waals surface area contributed by atoms with Crippen LogP contribution >= 0.6 is 34.8 Å². The van der Waals surface area contributed by atoms with Gasteiger partial charge in [0.05, 0.1) is 76.6 Å². The number of hydrogen-bond acceptors (Lipinski definition) is 15. The van der Waals surface area contributed by atoms with E-state index < -0.39 is 20.0 Å². The molecule has 9 aliphatic rings. The highest BCUT2D eigenvalue weighted by atomic mass is 35.5. The van der Waals surface area contributed by atoms with Crippen LogP contribution in [0.15, 0.2) is 91.6 Å². The molecule has 0 bridgehead atoms. The smallest absolute Gasteiger partial charge is 0.317 e. The number of likely N-dealkylation sites (tertiary alicyclic amines) is 1. The van der Waals surface area contributed by atoms with Crippen molar-refractivity contribution < 1.29 is 31.2 Å². The first kappa shape index (κ1) is 72.3. The van der Waals surface area contributed by atoms with Crippen LogP contribution in [-0.2, 0) is 29.6 Å². The first-order valence-corrected chi connectivity index (χ1v) is 41.3. The van der Waals surface area contributed by atoms with E-state index in [1.54, 1.807) is 28.7 Å². The van der Waals surface area contributed by atoms with Gasteiger partial charge in [-0.2, -0.15) is 29.8 Å². The number of anilines is 3.